The number of alkyl halides is 1. The third-order valence-corrected chi connectivity index (χ3v) is 2.46. The van der Waals surface area contributed by atoms with Gasteiger partial charge >= 0.3 is 5.97 Å². The summed E-state index contributed by atoms with van der Waals surface area (Å²) >= 11 is 5.66. The third-order valence-electron chi connectivity index (χ3n) is 2.15. The van der Waals surface area contributed by atoms with Gasteiger partial charge in [-0.25, -0.2) is 4.79 Å². The summed E-state index contributed by atoms with van der Waals surface area (Å²) in [6.45, 7) is 1.85. The number of carboxylic acid groups (broad SMARTS) is 1. The quantitative estimate of drug-likeness (QED) is 0.801. The molecule has 0 spiro atoms. The molecule has 1 rings (SSSR count). The molecule has 0 aliphatic heterocycles. The Bertz CT molecular complexity index is 435. The Hall–Kier alpha value is -1.53. The average Bonchev–Trinajstić information content (AvgIpc) is 2.26. The van der Waals surface area contributed by atoms with E-state index in [2.05, 4.69) is 0 Å². The summed E-state index contributed by atoms with van der Waals surface area (Å²) in [5, 5.41) is 17.8. The monoisotopic (exact) mass is 223 g/mol. The molecule has 1 aromatic rings. The van der Waals surface area contributed by atoms with E-state index in [0.29, 0.717) is 12.0 Å². The first-order valence-corrected chi connectivity index (χ1v) is 5.02. The number of carbonyl (C=O) groups is 1. The fourth-order valence-corrected chi connectivity index (χ4v) is 1.62. The van der Waals surface area contributed by atoms with Gasteiger partial charge in [0.25, 0.3) is 0 Å². The molecule has 0 fully saturated rings. The molecule has 0 aliphatic rings. The number of hydrogen-bond acceptors (Lipinski definition) is 2. The Labute approximate surface area is 92.9 Å². The minimum Gasteiger partial charge on any atom is -0.478 e. The molecule has 0 bridgehead atoms. The van der Waals surface area contributed by atoms with Crippen LogP contribution in [0.2, 0.25) is 0 Å². The van der Waals surface area contributed by atoms with Crippen molar-refractivity contribution in [3.63, 3.8) is 0 Å². The molecule has 0 atom stereocenters. The van der Waals surface area contributed by atoms with Gasteiger partial charge in [0.15, 0.2) is 0 Å². The van der Waals surface area contributed by atoms with E-state index in [1.54, 1.807) is 6.07 Å². The van der Waals surface area contributed by atoms with Gasteiger partial charge in [-0.1, -0.05) is 13.0 Å². The summed E-state index contributed by atoms with van der Waals surface area (Å²) in [4.78, 5) is 11.0. The largest absolute Gasteiger partial charge is 0.478 e. The maximum absolute atomic E-state index is 11.0. The van der Waals surface area contributed by atoms with Gasteiger partial charge in [-0.3, -0.25) is 0 Å². The first-order chi connectivity index (χ1) is 7.13. The maximum atomic E-state index is 11.0. The van der Waals surface area contributed by atoms with Gasteiger partial charge in [-0.15, -0.1) is 11.6 Å². The lowest BCUT2D eigenvalue weighted by Gasteiger charge is -2.07. The van der Waals surface area contributed by atoms with Crippen LogP contribution >= 0.6 is 11.6 Å². The molecule has 0 unspecified atom stereocenters. The van der Waals surface area contributed by atoms with Crippen LogP contribution in [0.1, 0.15) is 34.0 Å². The highest BCUT2D eigenvalue weighted by atomic mass is 35.5. The first-order valence-electron chi connectivity index (χ1n) is 4.49. The molecule has 4 heteroatoms. The highest BCUT2D eigenvalue weighted by Crippen LogP contribution is 2.19. The van der Waals surface area contributed by atoms with Crippen LogP contribution in [0.3, 0.4) is 0 Å². The molecular formula is C11H10ClNO2. The standard InChI is InChI=1S/C11H10ClNO2/c1-2-8-3-7(5-12)4-9(6-13)10(8)11(14)15/h3-4H,2,5H2,1H3,(H,14,15). The minimum absolute atomic E-state index is 0.0915. The Kier molecular flexibility index (Phi) is 3.70. The van der Waals surface area contributed by atoms with Crippen molar-refractivity contribution in [2.75, 3.05) is 0 Å². The van der Waals surface area contributed by atoms with E-state index in [9.17, 15) is 4.79 Å². The SMILES string of the molecule is CCc1cc(CCl)cc(C#N)c1C(=O)O. The van der Waals surface area contributed by atoms with E-state index >= 15 is 0 Å². The fourth-order valence-electron chi connectivity index (χ4n) is 1.46. The van der Waals surface area contributed by atoms with E-state index in [0.717, 1.165) is 5.56 Å². The Morgan fingerprint density at radius 1 is 1.60 bits per heavy atom. The number of benzene rings is 1. The molecule has 1 N–H and O–H groups in total. The van der Waals surface area contributed by atoms with Gasteiger partial charge in [0, 0.05) is 5.88 Å². The molecule has 0 heterocycles. The van der Waals surface area contributed by atoms with Crippen LogP contribution in [-0.2, 0) is 12.3 Å². The van der Waals surface area contributed by atoms with Crippen molar-refractivity contribution in [2.45, 2.75) is 19.2 Å². The van der Waals surface area contributed by atoms with Crippen molar-refractivity contribution < 1.29 is 9.90 Å². The van der Waals surface area contributed by atoms with Crippen LogP contribution < -0.4 is 0 Å². The van der Waals surface area contributed by atoms with Gasteiger partial charge < -0.3 is 5.11 Å². The van der Waals surface area contributed by atoms with E-state index in [1.165, 1.54) is 6.07 Å². The van der Waals surface area contributed by atoms with Crippen molar-refractivity contribution >= 4 is 17.6 Å². The molecule has 0 aliphatic carbocycles. The number of nitriles is 1. The molecular weight excluding hydrogens is 214 g/mol. The van der Waals surface area contributed by atoms with Crippen LogP contribution in [0.5, 0.6) is 0 Å². The molecule has 1 aromatic carbocycles. The lowest BCUT2D eigenvalue weighted by atomic mass is 9.97. The predicted octanol–water partition coefficient (Wildman–Crippen LogP) is 2.56. The number of carboxylic acids is 1. The summed E-state index contributed by atoms with van der Waals surface area (Å²) in [5.41, 5.74) is 1.69. The molecule has 78 valence electrons. The highest BCUT2D eigenvalue weighted by Gasteiger charge is 2.15. The summed E-state index contributed by atoms with van der Waals surface area (Å²) in [7, 11) is 0. The van der Waals surface area contributed by atoms with E-state index in [-0.39, 0.29) is 17.0 Å². The number of aryl methyl sites for hydroxylation is 1. The number of halogens is 1. The molecule has 0 amide bonds. The average molecular weight is 224 g/mol. The molecule has 0 saturated heterocycles. The van der Waals surface area contributed by atoms with Crippen LogP contribution in [0.4, 0.5) is 0 Å². The van der Waals surface area contributed by atoms with Gasteiger partial charge in [-0.2, -0.15) is 5.26 Å². The second-order valence-corrected chi connectivity index (χ2v) is 3.35. The summed E-state index contributed by atoms with van der Waals surface area (Å²) in [5.74, 6) is -0.786. The van der Waals surface area contributed by atoms with Gasteiger partial charge in [-0.05, 0) is 23.6 Å². The predicted molar refractivity (Wildman–Crippen MR) is 57.1 cm³/mol. The van der Waals surface area contributed by atoms with Crippen molar-refractivity contribution in [1.82, 2.24) is 0 Å². The van der Waals surface area contributed by atoms with Crippen LogP contribution in [0.25, 0.3) is 0 Å². The van der Waals surface area contributed by atoms with Gasteiger partial charge in [0.2, 0.25) is 0 Å². The van der Waals surface area contributed by atoms with Crippen molar-refractivity contribution in [2.24, 2.45) is 0 Å². The second kappa shape index (κ2) is 4.81. The zero-order valence-corrected chi connectivity index (χ0v) is 9.01. The first kappa shape index (κ1) is 11.5. The summed E-state index contributed by atoms with van der Waals surface area (Å²) in [6, 6.07) is 5.14. The van der Waals surface area contributed by atoms with Gasteiger partial charge in [0.05, 0.1) is 11.1 Å². The molecule has 3 nitrogen and oxygen atoms in total. The lowest BCUT2D eigenvalue weighted by molar-refractivity contribution is 0.0695. The topological polar surface area (TPSA) is 61.1 Å². The van der Waals surface area contributed by atoms with Crippen molar-refractivity contribution in [1.29, 1.82) is 5.26 Å². The zero-order chi connectivity index (χ0) is 11.4. The summed E-state index contributed by atoms with van der Waals surface area (Å²) < 4.78 is 0. The molecule has 0 aromatic heterocycles. The van der Waals surface area contributed by atoms with E-state index in [1.807, 2.05) is 13.0 Å². The number of nitrogens with zero attached hydrogens (tertiary/aromatic N) is 1. The van der Waals surface area contributed by atoms with E-state index < -0.39 is 5.97 Å². The Morgan fingerprint density at radius 2 is 2.27 bits per heavy atom. The van der Waals surface area contributed by atoms with Crippen LogP contribution in [0, 0.1) is 11.3 Å². The summed E-state index contributed by atoms with van der Waals surface area (Å²) in [6.07, 6.45) is 0.570. The number of hydrogen-bond donors (Lipinski definition) is 1. The smallest absolute Gasteiger partial charge is 0.337 e. The molecule has 15 heavy (non-hydrogen) atoms. The van der Waals surface area contributed by atoms with Crippen LogP contribution in [-0.4, -0.2) is 11.1 Å². The lowest BCUT2D eigenvalue weighted by Crippen LogP contribution is -2.06. The van der Waals surface area contributed by atoms with Crippen molar-refractivity contribution in [3.8, 4) is 6.07 Å². The maximum Gasteiger partial charge on any atom is 0.337 e. The van der Waals surface area contributed by atoms with Gasteiger partial charge in [0.1, 0.15) is 6.07 Å². The fraction of sp³-hybridized carbons (Fsp3) is 0.273. The Morgan fingerprint density at radius 3 is 2.67 bits per heavy atom. The number of aromatic carboxylic acids is 1. The van der Waals surface area contributed by atoms with Crippen molar-refractivity contribution in [3.05, 3.63) is 34.4 Å². The normalized spacial score (nSPS) is 9.67. The second-order valence-electron chi connectivity index (χ2n) is 3.08. The van der Waals surface area contributed by atoms with Crippen LogP contribution in [0.15, 0.2) is 12.1 Å². The third kappa shape index (κ3) is 2.28. The highest BCUT2D eigenvalue weighted by molar-refractivity contribution is 6.17. The zero-order valence-electron chi connectivity index (χ0n) is 8.25. The van der Waals surface area contributed by atoms with E-state index in [4.69, 9.17) is 22.0 Å². The number of rotatable bonds is 3. The minimum atomic E-state index is -1.07. The molecule has 0 saturated carbocycles. The Balaban J connectivity index is 3.48. The molecule has 0 radical (unpaired) electrons.